The third kappa shape index (κ3) is 5.85. The molecule has 0 aromatic rings. The first kappa shape index (κ1) is 6.85. The molecule has 3 heteroatoms. The molecule has 0 heterocycles. The minimum Gasteiger partial charge on any atom is -0.287 e. The summed E-state index contributed by atoms with van der Waals surface area (Å²) in [4.78, 5) is 0. The van der Waals surface area contributed by atoms with Crippen molar-refractivity contribution in [1.29, 1.82) is 0 Å². The van der Waals surface area contributed by atoms with Gasteiger partial charge >= 0.3 is 0 Å². The Morgan fingerprint density at radius 1 is 2.00 bits per heavy atom. The van der Waals surface area contributed by atoms with Crippen LogP contribution in [0.3, 0.4) is 0 Å². The Kier molecular flexibility index (Phi) is 3.93. The van der Waals surface area contributed by atoms with Crippen LogP contribution in [-0.2, 0) is 15.3 Å². The van der Waals surface area contributed by atoms with Gasteiger partial charge in [-0.05, 0) is 0 Å². The molecule has 0 aliphatic heterocycles. The van der Waals surface area contributed by atoms with Crippen molar-refractivity contribution >= 4 is 11.1 Å². The van der Waals surface area contributed by atoms with Crippen molar-refractivity contribution in [3.8, 4) is 0 Å². The normalized spacial score (nSPS) is 13.3. The van der Waals surface area contributed by atoms with E-state index in [9.17, 15) is 4.21 Å². The van der Waals surface area contributed by atoms with Crippen molar-refractivity contribution in [2.75, 3.05) is 12.9 Å². The highest BCUT2D eigenvalue weighted by atomic mass is 32.2. The molecule has 0 N–H and O–H groups in total. The van der Waals surface area contributed by atoms with Gasteiger partial charge in [-0.2, -0.15) is 0 Å². The van der Waals surface area contributed by atoms with Gasteiger partial charge in [-0.25, -0.2) is 4.21 Å². The Morgan fingerprint density at radius 2 is 2.57 bits per heavy atom. The van der Waals surface area contributed by atoms with Crippen LogP contribution in [-0.4, -0.2) is 17.1 Å². The Bertz CT molecular complexity index is 79.8. The summed E-state index contributed by atoms with van der Waals surface area (Å²) in [5.41, 5.74) is 0. The van der Waals surface area contributed by atoms with Gasteiger partial charge in [0.15, 0.2) is 11.1 Å². The molecule has 0 aromatic carbocycles. The van der Waals surface area contributed by atoms with Crippen LogP contribution >= 0.6 is 0 Å². The number of rotatable bonds is 3. The molecule has 1 unspecified atom stereocenters. The second kappa shape index (κ2) is 4.02. The summed E-state index contributed by atoms with van der Waals surface area (Å²) in [6.07, 6.45) is 3.03. The van der Waals surface area contributed by atoms with E-state index in [0.29, 0.717) is 6.61 Å². The fraction of sp³-hybridized carbons (Fsp3) is 0.500. The van der Waals surface area contributed by atoms with Crippen LogP contribution in [0.15, 0.2) is 12.7 Å². The lowest BCUT2D eigenvalue weighted by Gasteiger charge is -1.88. The highest BCUT2D eigenvalue weighted by Gasteiger charge is 1.81. The van der Waals surface area contributed by atoms with E-state index in [1.807, 2.05) is 0 Å². The molecule has 0 saturated heterocycles. The second-order valence-electron chi connectivity index (χ2n) is 0.975. The van der Waals surface area contributed by atoms with Crippen LogP contribution in [0.25, 0.3) is 0 Å². The van der Waals surface area contributed by atoms with Gasteiger partial charge < -0.3 is 0 Å². The summed E-state index contributed by atoms with van der Waals surface area (Å²) in [5, 5.41) is 0. The monoisotopic (exact) mass is 120 g/mol. The summed E-state index contributed by atoms with van der Waals surface area (Å²) in [6, 6.07) is 0. The fourth-order valence-electron chi connectivity index (χ4n) is 0.144. The predicted octanol–water partition coefficient (Wildman–Crippen LogP) is 0.483. The van der Waals surface area contributed by atoms with Crippen LogP contribution in [0.4, 0.5) is 0 Å². The van der Waals surface area contributed by atoms with Gasteiger partial charge in [-0.15, -0.1) is 6.58 Å². The molecule has 1 atom stereocenters. The molecule has 0 radical (unpaired) electrons. The minimum absolute atomic E-state index is 0.364. The maximum absolute atomic E-state index is 10.0. The Hall–Kier alpha value is -0.150. The molecule has 0 aliphatic carbocycles. The van der Waals surface area contributed by atoms with Gasteiger partial charge in [0.25, 0.3) is 0 Å². The van der Waals surface area contributed by atoms with Crippen molar-refractivity contribution in [3.05, 3.63) is 12.7 Å². The van der Waals surface area contributed by atoms with Crippen molar-refractivity contribution in [1.82, 2.24) is 0 Å². The van der Waals surface area contributed by atoms with Gasteiger partial charge in [-0.1, -0.05) is 6.08 Å². The molecule has 0 saturated carbocycles. The van der Waals surface area contributed by atoms with Crippen LogP contribution in [0.5, 0.6) is 0 Å². The van der Waals surface area contributed by atoms with Crippen molar-refractivity contribution in [2.45, 2.75) is 0 Å². The molecular formula is C4H8O2S. The summed E-state index contributed by atoms with van der Waals surface area (Å²) in [6.45, 7) is 3.74. The second-order valence-corrected chi connectivity index (χ2v) is 2.01. The van der Waals surface area contributed by atoms with Crippen LogP contribution in [0.1, 0.15) is 0 Å². The zero-order valence-corrected chi connectivity index (χ0v) is 5.03. The van der Waals surface area contributed by atoms with E-state index >= 15 is 0 Å². The molecule has 0 amide bonds. The summed E-state index contributed by atoms with van der Waals surface area (Å²) >= 11 is -1.14. The first-order valence-electron chi connectivity index (χ1n) is 1.85. The first-order valence-corrected chi connectivity index (χ1v) is 3.33. The molecule has 42 valence electrons. The molecule has 0 fully saturated rings. The standard InChI is InChI=1S/C4H8O2S/c1-3-4-6-7(2)5/h3H,1,4H2,2H3. The molecule has 2 nitrogen and oxygen atoms in total. The lowest BCUT2D eigenvalue weighted by atomic mass is 10.7. The van der Waals surface area contributed by atoms with Gasteiger partial charge in [0.2, 0.25) is 0 Å². The highest BCUT2D eigenvalue weighted by Crippen LogP contribution is 1.76. The average molecular weight is 120 g/mol. The maximum atomic E-state index is 10.0. The number of hydrogen-bond acceptors (Lipinski definition) is 2. The van der Waals surface area contributed by atoms with E-state index in [1.165, 1.54) is 6.26 Å². The quantitative estimate of drug-likeness (QED) is 0.506. The Balaban J connectivity index is 2.97. The molecule has 0 spiro atoms. The van der Waals surface area contributed by atoms with Crippen LogP contribution in [0, 0.1) is 0 Å². The fourth-order valence-corrected chi connectivity index (χ4v) is 0.432. The molecular weight excluding hydrogens is 112 g/mol. The van der Waals surface area contributed by atoms with Gasteiger partial charge in [-0.3, -0.25) is 4.18 Å². The summed E-state index contributed by atoms with van der Waals surface area (Å²) in [7, 11) is 0. The molecule has 0 rings (SSSR count). The highest BCUT2D eigenvalue weighted by molar-refractivity contribution is 7.79. The minimum atomic E-state index is -1.14. The maximum Gasteiger partial charge on any atom is 0.152 e. The Labute approximate surface area is 45.8 Å². The predicted molar refractivity (Wildman–Crippen MR) is 30.2 cm³/mol. The van der Waals surface area contributed by atoms with E-state index < -0.39 is 11.1 Å². The lowest BCUT2D eigenvalue weighted by molar-refractivity contribution is 0.399. The summed E-state index contributed by atoms with van der Waals surface area (Å²) < 4.78 is 14.6. The molecule has 0 aromatic heterocycles. The van der Waals surface area contributed by atoms with E-state index in [4.69, 9.17) is 0 Å². The first-order chi connectivity index (χ1) is 3.27. The van der Waals surface area contributed by atoms with Gasteiger partial charge in [0, 0.05) is 6.26 Å². The third-order valence-corrected chi connectivity index (χ3v) is 0.820. The van der Waals surface area contributed by atoms with Crippen molar-refractivity contribution in [2.24, 2.45) is 0 Å². The van der Waals surface area contributed by atoms with Gasteiger partial charge in [0.1, 0.15) is 0 Å². The number of hydrogen-bond donors (Lipinski definition) is 0. The largest absolute Gasteiger partial charge is 0.287 e. The average Bonchev–Trinajstić information content (AvgIpc) is 1.61. The third-order valence-electron chi connectivity index (χ3n) is 0.352. The van der Waals surface area contributed by atoms with E-state index in [2.05, 4.69) is 10.8 Å². The molecule has 0 bridgehead atoms. The van der Waals surface area contributed by atoms with E-state index in [-0.39, 0.29) is 0 Å². The van der Waals surface area contributed by atoms with Crippen LogP contribution < -0.4 is 0 Å². The molecule has 7 heavy (non-hydrogen) atoms. The van der Waals surface area contributed by atoms with E-state index in [1.54, 1.807) is 6.08 Å². The van der Waals surface area contributed by atoms with Crippen molar-refractivity contribution < 1.29 is 8.39 Å². The van der Waals surface area contributed by atoms with Crippen molar-refractivity contribution in [3.63, 3.8) is 0 Å². The smallest absolute Gasteiger partial charge is 0.152 e. The zero-order valence-electron chi connectivity index (χ0n) is 4.22. The van der Waals surface area contributed by atoms with E-state index in [0.717, 1.165) is 0 Å². The SMILES string of the molecule is C=CCOS(C)=O. The lowest BCUT2D eigenvalue weighted by Crippen LogP contribution is -1.91. The zero-order chi connectivity index (χ0) is 5.70. The van der Waals surface area contributed by atoms with Crippen LogP contribution in [0.2, 0.25) is 0 Å². The molecule has 0 aliphatic rings. The summed E-state index contributed by atoms with van der Waals surface area (Å²) in [5.74, 6) is 0. The topological polar surface area (TPSA) is 26.3 Å². The van der Waals surface area contributed by atoms with Gasteiger partial charge in [0.05, 0.1) is 6.61 Å². The Morgan fingerprint density at radius 3 is 2.71 bits per heavy atom.